The molecule has 0 unspecified atom stereocenters. The lowest BCUT2D eigenvalue weighted by atomic mass is 9.72. The maximum absolute atomic E-state index is 6.31. The van der Waals surface area contributed by atoms with E-state index in [4.69, 9.17) is 23.2 Å². The average molecular weight is 306 g/mol. The third-order valence-corrected chi connectivity index (χ3v) is 4.60. The van der Waals surface area contributed by atoms with E-state index in [0.29, 0.717) is 0 Å². The molecule has 0 spiro atoms. The molecule has 3 heteroatoms. The lowest BCUT2D eigenvalue weighted by molar-refractivity contribution is 0.167. The topological polar surface area (TPSA) is 12.0 Å². The first-order chi connectivity index (χ1) is 9.67. The molecule has 20 heavy (non-hydrogen) atoms. The number of benzene rings is 2. The smallest absolute Gasteiger partial charge is 0.0439 e. The van der Waals surface area contributed by atoms with Gasteiger partial charge in [-0.25, -0.2) is 0 Å². The van der Waals surface area contributed by atoms with Gasteiger partial charge >= 0.3 is 0 Å². The Kier molecular flexibility index (Phi) is 4.02. The molecule has 2 aromatic rings. The second-order valence-electron chi connectivity index (χ2n) is 5.68. The van der Waals surface area contributed by atoms with E-state index in [2.05, 4.69) is 35.6 Å². The van der Waals surface area contributed by atoms with Crippen molar-refractivity contribution in [1.29, 1.82) is 0 Å². The van der Waals surface area contributed by atoms with E-state index in [1.807, 2.05) is 18.2 Å². The fraction of sp³-hybridized carbons (Fsp3) is 0.294. The number of rotatable bonds is 4. The van der Waals surface area contributed by atoms with Crippen molar-refractivity contribution in [3.63, 3.8) is 0 Å². The summed E-state index contributed by atoms with van der Waals surface area (Å²) in [7, 11) is 0. The maximum Gasteiger partial charge on any atom is 0.0439 e. The molecule has 1 N–H and O–H groups in total. The van der Waals surface area contributed by atoms with Crippen LogP contribution in [0, 0.1) is 5.41 Å². The molecule has 2 aromatic carbocycles. The van der Waals surface area contributed by atoms with Crippen LogP contribution < -0.4 is 5.32 Å². The van der Waals surface area contributed by atoms with Crippen molar-refractivity contribution in [3.05, 3.63) is 69.7 Å². The fourth-order valence-corrected chi connectivity index (χ4v) is 3.28. The minimum absolute atomic E-state index is 0.260. The molecule has 1 aliphatic heterocycles. The minimum atomic E-state index is 0.260. The van der Waals surface area contributed by atoms with Gasteiger partial charge in [-0.2, -0.15) is 0 Å². The molecule has 0 radical (unpaired) electrons. The van der Waals surface area contributed by atoms with Crippen molar-refractivity contribution in [2.24, 2.45) is 5.41 Å². The lowest BCUT2D eigenvalue weighted by Crippen LogP contribution is -2.56. The highest BCUT2D eigenvalue weighted by atomic mass is 35.5. The summed E-state index contributed by atoms with van der Waals surface area (Å²) >= 11 is 12.4. The van der Waals surface area contributed by atoms with Gasteiger partial charge in [0.1, 0.15) is 0 Å². The minimum Gasteiger partial charge on any atom is -0.315 e. The van der Waals surface area contributed by atoms with Crippen LogP contribution in [0.2, 0.25) is 10.0 Å². The fourth-order valence-electron chi connectivity index (χ4n) is 2.90. The summed E-state index contributed by atoms with van der Waals surface area (Å²) in [5.74, 6) is 0. The highest BCUT2D eigenvalue weighted by Crippen LogP contribution is 2.35. The molecule has 0 amide bonds. The Hall–Kier alpha value is -1.02. The van der Waals surface area contributed by atoms with Crippen molar-refractivity contribution in [1.82, 2.24) is 5.32 Å². The predicted octanol–water partition coefficient (Wildman–Crippen LogP) is 4.37. The van der Waals surface area contributed by atoms with Gasteiger partial charge in [-0.05, 0) is 42.2 Å². The average Bonchev–Trinajstić information content (AvgIpc) is 2.41. The van der Waals surface area contributed by atoms with Gasteiger partial charge in [0.2, 0.25) is 0 Å². The van der Waals surface area contributed by atoms with E-state index >= 15 is 0 Å². The molecule has 0 saturated carbocycles. The van der Waals surface area contributed by atoms with E-state index in [1.54, 1.807) is 0 Å². The van der Waals surface area contributed by atoms with Crippen LogP contribution in [-0.2, 0) is 12.8 Å². The Morgan fingerprint density at radius 1 is 0.950 bits per heavy atom. The highest BCUT2D eigenvalue weighted by Gasteiger charge is 2.37. The lowest BCUT2D eigenvalue weighted by Gasteiger charge is -2.43. The van der Waals surface area contributed by atoms with Crippen LogP contribution in [0.15, 0.2) is 48.5 Å². The molecule has 0 atom stereocenters. The Morgan fingerprint density at radius 2 is 1.70 bits per heavy atom. The maximum atomic E-state index is 6.31. The Balaban J connectivity index is 1.81. The van der Waals surface area contributed by atoms with Crippen molar-refractivity contribution in [2.75, 3.05) is 13.1 Å². The van der Waals surface area contributed by atoms with Crippen LogP contribution in [0.25, 0.3) is 0 Å². The Morgan fingerprint density at radius 3 is 2.35 bits per heavy atom. The Bertz CT molecular complexity index is 591. The van der Waals surface area contributed by atoms with Crippen LogP contribution in [-0.4, -0.2) is 13.1 Å². The van der Waals surface area contributed by atoms with Gasteiger partial charge in [0.05, 0.1) is 0 Å². The van der Waals surface area contributed by atoms with Gasteiger partial charge in [-0.3, -0.25) is 0 Å². The molecule has 0 bridgehead atoms. The Labute approximate surface area is 129 Å². The molecule has 104 valence electrons. The van der Waals surface area contributed by atoms with Crippen LogP contribution in [0.4, 0.5) is 0 Å². The first-order valence-electron chi connectivity index (χ1n) is 6.86. The summed E-state index contributed by atoms with van der Waals surface area (Å²) in [6, 6.07) is 16.4. The van der Waals surface area contributed by atoms with Crippen LogP contribution in [0.1, 0.15) is 11.1 Å². The largest absolute Gasteiger partial charge is 0.315 e. The molecular weight excluding hydrogens is 289 g/mol. The van der Waals surface area contributed by atoms with Gasteiger partial charge in [-0.15, -0.1) is 0 Å². The van der Waals surface area contributed by atoms with Crippen molar-refractivity contribution in [2.45, 2.75) is 12.8 Å². The van der Waals surface area contributed by atoms with Gasteiger partial charge in [-0.1, -0.05) is 53.5 Å². The van der Waals surface area contributed by atoms with Crippen LogP contribution in [0.3, 0.4) is 0 Å². The van der Waals surface area contributed by atoms with E-state index in [0.717, 1.165) is 41.5 Å². The summed E-state index contributed by atoms with van der Waals surface area (Å²) in [6.45, 7) is 2.06. The van der Waals surface area contributed by atoms with Gasteiger partial charge < -0.3 is 5.32 Å². The van der Waals surface area contributed by atoms with Crippen molar-refractivity contribution in [3.8, 4) is 0 Å². The monoisotopic (exact) mass is 305 g/mol. The number of halogens is 2. The summed E-state index contributed by atoms with van der Waals surface area (Å²) in [5, 5.41) is 4.97. The first-order valence-corrected chi connectivity index (χ1v) is 7.61. The first kappa shape index (κ1) is 13.9. The van der Waals surface area contributed by atoms with Crippen molar-refractivity contribution >= 4 is 23.2 Å². The molecule has 1 aliphatic rings. The zero-order valence-corrected chi connectivity index (χ0v) is 12.7. The SMILES string of the molecule is Clc1ccc(Cl)c(CC2(Cc3ccccc3)CNC2)c1. The van der Waals surface area contributed by atoms with Gasteiger partial charge in [0.25, 0.3) is 0 Å². The predicted molar refractivity (Wildman–Crippen MR) is 85.6 cm³/mol. The summed E-state index contributed by atoms with van der Waals surface area (Å²) in [5.41, 5.74) is 2.79. The van der Waals surface area contributed by atoms with E-state index < -0.39 is 0 Å². The third-order valence-electron chi connectivity index (χ3n) is 4.00. The molecule has 1 nitrogen and oxygen atoms in total. The second-order valence-corrected chi connectivity index (χ2v) is 6.52. The van der Waals surface area contributed by atoms with Crippen LogP contribution >= 0.6 is 23.2 Å². The molecule has 3 rings (SSSR count). The molecule has 1 saturated heterocycles. The van der Waals surface area contributed by atoms with Gasteiger partial charge in [0.15, 0.2) is 0 Å². The summed E-state index contributed by atoms with van der Waals surface area (Å²) in [6.07, 6.45) is 2.04. The van der Waals surface area contributed by atoms with E-state index in [-0.39, 0.29) is 5.41 Å². The molecule has 1 fully saturated rings. The standard InChI is InChI=1S/C17H17Cl2N/c18-15-6-7-16(19)14(8-15)10-17(11-20-12-17)9-13-4-2-1-3-5-13/h1-8,20H,9-12H2. The number of nitrogens with one attached hydrogen (secondary N) is 1. The normalized spacial score (nSPS) is 16.7. The van der Waals surface area contributed by atoms with Gasteiger partial charge in [0, 0.05) is 28.5 Å². The van der Waals surface area contributed by atoms with E-state index in [9.17, 15) is 0 Å². The molecule has 0 aliphatic carbocycles. The quantitative estimate of drug-likeness (QED) is 0.884. The summed E-state index contributed by atoms with van der Waals surface area (Å²) in [4.78, 5) is 0. The molecular formula is C17H17Cl2N. The zero-order valence-electron chi connectivity index (χ0n) is 11.2. The number of hydrogen-bond donors (Lipinski definition) is 1. The van der Waals surface area contributed by atoms with Crippen molar-refractivity contribution < 1.29 is 0 Å². The zero-order chi connectivity index (χ0) is 14.0. The van der Waals surface area contributed by atoms with E-state index in [1.165, 1.54) is 5.56 Å². The third kappa shape index (κ3) is 3.01. The number of hydrogen-bond acceptors (Lipinski definition) is 1. The molecule has 0 aromatic heterocycles. The second kappa shape index (κ2) is 5.77. The van der Waals surface area contributed by atoms with Crippen LogP contribution in [0.5, 0.6) is 0 Å². The molecule has 1 heterocycles. The summed E-state index contributed by atoms with van der Waals surface area (Å²) < 4.78 is 0. The highest BCUT2D eigenvalue weighted by molar-refractivity contribution is 6.33.